The molecule has 16 heteroatoms. The number of imidazole rings is 1. The van der Waals surface area contributed by atoms with E-state index < -0.39 is 36.4 Å². The average Bonchev–Trinajstić information content (AvgIpc) is 3.59. The molecule has 4 atom stereocenters. The summed E-state index contributed by atoms with van der Waals surface area (Å²) in [6, 6.07) is 0.128. The molecule has 4 heterocycles. The van der Waals surface area contributed by atoms with E-state index in [9.17, 15) is 28.2 Å². The summed E-state index contributed by atoms with van der Waals surface area (Å²) in [6.07, 6.45) is -5.00. The van der Waals surface area contributed by atoms with Gasteiger partial charge in [-0.25, -0.2) is 29.3 Å². The van der Waals surface area contributed by atoms with Crippen molar-refractivity contribution in [3.05, 3.63) is 24.3 Å². The number of aromatic nitrogens is 7. The van der Waals surface area contributed by atoms with Crippen LogP contribution < -0.4 is 5.32 Å². The molecular formula is C20H23F3N8O5. The topological polar surface area (TPSA) is 162 Å². The van der Waals surface area contributed by atoms with Gasteiger partial charge in [-0.15, -0.1) is 0 Å². The van der Waals surface area contributed by atoms with Crippen molar-refractivity contribution >= 4 is 23.0 Å². The van der Waals surface area contributed by atoms with Crippen LogP contribution in [0, 0.1) is 6.92 Å². The van der Waals surface area contributed by atoms with Crippen LogP contribution in [0.4, 0.5) is 19.0 Å². The highest BCUT2D eigenvalue weighted by Gasteiger charge is 2.63. The van der Waals surface area contributed by atoms with E-state index in [1.807, 2.05) is 0 Å². The number of aliphatic hydroxyl groups is 2. The van der Waals surface area contributed by atoms with Gasteiger partial charge in [0.25, 0.3) is 0 Å². The Morgan fingerprint density at radius 1 is 1.25 bits per heavy atom. The summed E-state index contributed by atoms with van der Waals surface area (Å²) in [6.45, 7) is 1.60. The smallest absolute Gasteiger partial charge is 0.404 e. The Labute approximate surface area is 201 Å². The van der Waals surface area contributed by atoms with E-state index in [4.69, 9.17) is 9.47 Å². The van der Waals surface area contributed by atoms with Gasteiger partial charge in [0.2, 0.25) is 0 Å². The summed E-state index contributed by atoms with van der Waals surface area (Å²) in [5, 5.41) is 29.0. The molecule has 1 saturated heterocycles. The Kier molecular flexibility index (Phi) is 5.83. The van der Waals surface area contributed by atoms with Crippen LogP contribution in [-0.4, -0.2) is 74.9 Å². The molecule has 13 nitrogen and oxygen atoms in total. The zero-order valence-electron chi connectivity index (χ0n) is 19.2. The van der Waals surface area contributed by atoms with E-state index in [1.54, 1.807) is 14.0 Å². The molecule has 3 N–H and O–H groups in total. The minimum absolute atomic E-state index is 0.0995. The number of carbonyl (C=O) groups is 1. The summed E-state index contributed by atoms with van der Waals surface area (Å²) < 4.78 is 52.4. The number of alkyl halides is 3. The SMILES string of the molecule is Cc1nc([C@H]2O[C@](OC(=O)C(F)(F)F)(n3cnc4c(NC5CCCC5)ncnc43)[C@H](O)[C@@H]2O)nn1C. The molecule has 0 bridgehead atoms. The average molecular weight is 512 g/mol. The van der Waals surface area contributed by atoms with E-state index in [0.29, 0.717) is 11.6 Å². The third kappa shape index (κ3) is 3.94. The molecule has 2 aliphatic rings. The van der Waals surface area contributed by atoms with Gasteiger partial charge in [-0.05, 0) is 19.8 Å². The highest BCUT2D eigenvalue weighted by atomic mass is 19.4. The second-order valence-electron chi connectivity index (χ2n) is 8.77. The van der Waals surface area contributed by atoms with Gasteiger partial charge in [-0.2, -0.15) is 18.3 Å². The fraction of sp³-hybridized carbons (Fsp3) is 0.600. The maximum atomic E-state index is 13.3. The molecule has 3 aromatic rings. The Balaban J connectivity index is 1.61. The summed E-state index contributed by atoms with van der Waals surface area (Å²) in [4.78, 5) is 28.5. The lowest BCUT2D eigenvalue weighted by atomic mass is 10.1. The Morgan fingerprint density at radius 2 is 1.97 bits per heavy atom. The van der Waals surface area contributed by atoms with E-state index >= 15 is 0 Å². The quantitative estimate of drug-likeness (QED) is 0.415. The standard InChI is InChI=1S/C20H23F3N8O5/c1-9-27-16(29-30(9)2)13-12(32)14(33)20(35-13,36-18(34)19(21,22)23)31-8-26-11-15(24-7-25-17(11)31)28-10-5-3-4-6-10/h7-8,10,12-14,32-33H,3-6H2,1-2H3,(H,24,25,28)/t12-,13+,14-,20-/m1/s1. The number of rotatable bonds is 5. The molecule has 0 amide bonds. The van der Waals surface area contributed by atoms with Crippen molar-refractivity contribution in [2.45, 2.75) is 69.0 Å². The predicted molar refractivity (Wildman–Crippen MR) is 113 cm³/mol. The number of carbonyl (C=O) groups excluding carboxylic acids is 1. The van der Waals surface area contributed by atoms with E-state index in [0.717, 1.165) is 42.9 Å². The molecular weight excluding hydrogens is 489 g/mol. The number of aliphatic hydroxyl groups excluding tert-OH is 2. The summed E-state index contributed by atoms with van der Waals surface area (Å²) in [5.41, 5.74) is 0.0462. The van der Waals surface area contributed by atoms with Crippen LogP contribution >= 0.6 is 0 Å². The number of halogens is 3. The number of esters is 1. The van der Waals surface area contributed by atoms with E-state index in [-0.39, 0.29) is 23.0 Å². The number of hydrogen-bond acceptors (Lipinski definition) is 11. The van der Waals surface area contributed by atoms with Crippen molar-refractivity contribution in [2.24, 2.45) is 7.05 Å². The zero-order chi connectivity index (χ0) is 25.8. The van der Waals surface area contributed by atoms with Crippen LogP contribution in [0.25, 0.3) is 11.2 Å². The van der Waals surface area contributed by atoms with Crippen LogP contribution in [-0.2, 0) is 27.2 Å². The van der Waals surface area contributed by atoms with Crippen LogP contribution in [0.5, 0.6) is 0 Å². The molecule has 5 rings (SSSR count). The highest BCUT2D eigenvalue weighted by Crippen LogP contribution is 2.45. The van der Waals surface area contributed by atoms with Crippen LogP contribution in [0.15, 0.2) is 12.7 Å². The lowest BCUT2D eigenvalue weighted by Gasteiger charge is -2.32. The minimum atomic E-state index is -5.43. The van der Waals surface area contributed by atoms with Crippen molar-refractivity contribution < 1.29 is 37.7 Å². The van der Waals surface area contributed by atoms with Gasteiger partial charge in [0.05, 0.1) is 0 Å². The number of anilines is 1. The molecule has 0 spiro atoms. The van der Waals surface area contributed by atoms with Gasteiger partial charge < -0.3 is 25.0 Å². The molecule has 1 aliphatic carbocycles. The molecule has 3 aromatic heterocycles. The first-order valence-electron chi connectivity index (χ1n) is 11.2. The molecule has 0 aromatic carbocycles. The second kappa shape index (κ2) is 8.63. The zero-order valence-corrected chi connectivity index (χ0v) is 19.2. The molecule has 1 aliphatic heterocycles. The van der Waals surface area contributed by atoms with Gasteiger partial charge in [0.15, 0.2) is 35.0 Å². The lowest BCUT2D eigenvalue weighted by molar-refractivity contribution is -0.314. The number of fused-ring (bicyclic) bond motifs is 1. The van der Waals surface area contributed by atoms with Crippen molar-refractivity contribution in [3.63, 3.8) is 0 Å². The molecule has 194 valence electrons. The van der Waals surface area contributed by atoms with Gasteiger partial charge >= 0.3 is 18.1 Å². The number of nitrogens with zero attached hydrogens (tertiary/aromatic N) is 7. The van der Waals surface area contributed by atoms with Gasteiger partial charge in [-0.3, -0.25) is 4.68 Å². The van der Waals surface area contributed by atoms with Crippen molar-refractivity contribution in [2.75, 3.05) is 5.32 Å². The monoisotopic (exact) mass is 512 g/mol. The summed E-state index contributed by atoms with van der Waals surface area (Å²) >= 11 is 0. The minimum Gasteiger partial charge on any atom is -0.404 e. The number of nitrogens with one attached hydrogen (secondary N) is 1. The van der Waals surface area contributed by atoms with Crippen LogP contribution in [0.1, 0.15) is 43.4 Å². The fourth-order valence-electron chi connectivity index (χ4n) is 4.47. The Hall–Kier alpha value is -3.37. The van der Waals surface area contributed by atoms with Crippen molar-refractivity contribution in [1.82, 2.24) is 34.3 Å². The van der Waals surface area contributed by atoms with E-state index in [2.05, 4.69) is 30.4 Å². The Morgan fingerprint density at radius 3 is 2.61 bits per heavy atom. The lowest BCUT2D eigenvalue weighted by Crippen LogP contribution is -2.50. The van der Waals surface area contributed by atoms with Gasteiger partial charge in [0.1, 0.15) is 24.6 Å². The van der Waals surface area contributed by atoms with Gasteiger partial charge in [-0.1, -0.05) is 12.8 Å². The van der Waals surface area contributed by atoms with Crippen LogP contribution in [0.2, 0.25) is 0 Å². The van der Waals surface area contributed by atoms with Crippen molar-refractivity contribution in [3.8, 4) is 0 Å². The van der Waals surface area contributed by atoms with Gasteiger partial charge in [0, 0.05) is 13.1 Å². The second-order valence-corrected chi connectivity index (χ2v) is 8.77. The third-order valence-corrected chi connectivity index (χ3v) is 6.39. The van der Waals surface area contributed by atoms with Crippen molar-refractivity contribution in [1.29, 1.82) is 0 Å². The summed E-state index contributed by atoms with van der Waals surface area (Å²) in [7, 11) is 1.56. The number of hydrogen-bond donors (Lipinski definition) is 3. The molecule has 1 saturated carbocycles. The first kappa shape index (κ1) is 24.3. The first-order valence-corrected chi connectivity index (χ1v) is 11.2. The highest BCUT2D eigenvalue weighted by molar-refractivity contribution is 5.83. The first-order chi connectivity index (χ1) is 17.0. The predicted octanol–water partition coefficient (Wildman–Crippen LogP) is 0.827. The summed E-state index contributed by atoms with van der Waals surface area (Å²) in [5.74, 6) is -4.95. The van der Waals surface area contributed by atoms with Crippen LogP contribution in [0.3, 0.4) is 0 Å². The molecule has 36 heavy (non-hydrogen) atoms. The Bertz CT molecular complexity index is 1270. The van der Waals surface area contributed by atoms with E-state index in [1.165, 1.54) is 4.68 Å². The molecule has 0 unspecified atom stereocenters. The maximum Gasteiger partial charge on any atom is 0.491 e. The normalized spacial score (nSPS) is 27.1. The number of aryl methyl sites for hydroxylation is 2. The fourth-order valence-corrected chi connectivity index (χ4v) is 4.47. The third-order valence-electron chi connectivity index (χ3n) is 6.39. The largest absolute Gasteiger partial charge is 0.491 e. The number of ether oxygens (including phenoxy) is 2. The maximum absolute atomic E-state index is 13.3. The molecule has 0 radical (unpaired) electrons. The molecule has 2 fully saturated rings.